The highest BCUT2D eigenvalue weighted by Crippen LogP contribution is 2.51. The maximum atomic E-state index is 6.66. The predicted octanol–water partition coefficient (Wildman–Crippen LogP) is 10.0. The van der Waals surface area contributed by atoms with Crippen LogP contribution in [0.25, 0.3) is 33.5 Å². The molecule has 0 radical (unpaired) electrons. The quantitative estimate of drug-likeness (QED) is 0.181. The molecule has 2 aliphatic rings. The molecule has 7 aromatic rings. The van der Waals surface area contributed by atoms with Gasteiger partial charge in [-0.1, -0.05) is 112 Å². The van der Waals surface area contributed by atoms with Gasteiger partial charge in [0.1, 0.15) is 19.6 Å². The van der Waals surface area contributed by atoms with Gasteiger partial charge in [0.05, 0.1) is 22.6 Å². The Morgan fingerprint density at radius 1 is 0.583 bits per heavy atom. The number of para-hydroxylation sites is 3. The molecule has 0 bridgehead atoms. The van der Waals surface area contributed by atoms with Gasteiger partial charge in [0.15, 0.2) is 5.82 Å². The molecule has 232 valence electrons. The molecule has 48 heavy (non-hydrogen) atoms. The molecular weight excluding hydrogens is 603 g/mol. The fourth-order valence-corrected chi connectivity index (χ4v) is 10.5. The van der Waals surface area contributed by atoms with Crippen molar-refractivity contribution in [1.29, 1.82) is 0 Å². The van der Waals surface area contributed by atoms with Crippen molar-refractivity contribution in [1.82, 2.24) is 9.97 Å². The monoisotopic (exact) mass is 637 g/mol. The topological polar surface area (TPSA) is 38.2 Å². The maximum absolute atomic E-state index is 6.66. The van der Waals surface area contributed by atoms with Crippen molar-refractivity contribution in [2.75, 3.05) is 4.90 Å². The number of nitrogens with zero attached hydrogens (tertiary/aromatic N) is 3. The van der Waals surface area contributed by atoms with E-state index in [9.17, 15) is 0 Å². The van der Waals surface area contributed by atoms with Crippen LogP contribution in [0, 0.1) is 0 Å². The summed E-state index contributed by atoms with van der Waals surface area (Å²) in [4.78, 5) is 12.7. The van der Waals surface area contributed by atoms with Crippen LogP contribution in [0.5, 0.6) is 11.5 Å². The van der Waals surface area contributed by atoms with E-state index in [4.69, 9.17) is 14.7 Å². The molecule has 3 heterocycles. The van der Waals surface area contributed by atoms with Gasteiger partial charge in [0.2, 0.25) is 0 Å². The largest absolute Gasteiger partial charge is 0.458 e. The number of rotatable bonds is 3. The van der Waals surface area contributed by atoms with E-state index in [0.29, 0.717) is 0 Å². The average molecular weight is 638 g/mol. The second kappa shape index (κ2) is 10.5. The van der Waals surface area contributed by atoms with Crippen molar-refractivity contribution < 1.29 is 4.74 Å². The first-order valence-electron chi connectivity index (χ1n) is 16.6. The van der Waals surface area contributed by atoms with Gasteiger partial charge in [-0.05, 0) is 76.1 Å². The summed E-state index contributed by atoms with van der Waals surface area (Å²) in [7, 11) is -2.24. The number of anilines is 3. The number of benzene rings is 6. The molecule has 6 aromatic carbocycles. The van der Waals surface area contributed by atoms with Gasteiger partial charge in [0, 0.05) is 27.6 Å². The second-order valence-electron chi connectivity index (χ2n) is 13.9. The highest BCUT2D eigenvalue weighted by Gasteiger charge is 2.40. The van der Waals surface area contributed by atoms with Crippen molar-refractivity contribution in [2.24, 2.45) is 0 Å². The Labute approximate surface area is 282 Å². The zero-order chi connectivity index (χ0) is 32.6. The van der Waals surface area contributed by atoms with E-state index in [1.54, 1.807) is 0 Å². The first-order valence-corrected chi connectivity index (χ1v) is 19.6. The lowest BCUT2D eigenvalue weighted by atomic mass is 9.73. The number of hydrogen-bond acceptors (Lipinski definition) is 4. The summed E-state index contributed by atoms with van der Waals surface area (Å²) >= 11 is 0. The smallest absolute Gasteiger partial charge is 0.160 e. The zero-order valence-electron chi connectivity index (χ0n) is 27.5. The Balaban J connectivity index is 1.17. The maximum Gasteiger partial charge on any atom is 0.160 e. The van der Waals surface area contributed by atoms with Crippen LogP contribution >= 0.6 is 0 Å². The molecule has 0 saturated carbocycles. The highest BCUT2D eigenvalue weighted by molar-refractivity contribution is 7.01. The Kier molecular flexibility index (Phi) is 6.27. The lowest BCUT2D eigenvalue weighted by Crippen LogP contribution is -2.56. The van der Waals surface area contributed by atoms with E-state index in [2.05, 4.69) is 159 Å². The summed E-state index contributed by atoms with van der Waals surface area (Å²) in [6, 6.07) is 49.5. The van der Waals surface area contributed by atoms with Crippen molar-refractivity contribution in [3.8, 4) is 34.1 Å². The molecule has 0 spiro atoms. The van der Waals surface area contributed by atoms with Crippen molar-refractivity contribution in [2.45, 2.75) is 32.4 Å². The normalized spacial score (nSPS) is 15.1. The van der Waals surface area contributed by atoms with Crippen molar-refractivity contribution in [3.05, 3.63) is 151 Å². The van der Waals surface area contributed by atoms with Gasteiger partial charge >= 0.3 is 0 Å². The van der Waals surface area contributed by atoms with E-state index in [1.807, 2.05) is 12.1 Å². The molecule has 0 amide bonds. The van der Waals surface area contributed by atoms with Gasteiger partial charge in [-0.3, -0.25) is 0 Å². The van der Waals surface area contributed by atoms with E-state index in [1.165, 1.54) is 32.9 Å². The Bertz CT molecular complexity index is 2350. The van der Waals surface area contributed by atoms with E-state index < -0.39 is 8.07 Å². The first kappa shape index (κ1) is 28.7. The van der Waals surface area contributed by atoms with Crippen LogP contribution in [0.2, 0.25) is 13.1 Å². The third kappa shape index (κ3) is 4.27. The fourth-order valence-electron chi connectivity index (χ4n) is 7.71. The molecule has 0 aliphatic carbocycles. The van der Waals surface area contributed by atoms with E-state index in [0.717, 1.165) is 50.7 Å². The van der Waals surface area contributed by atoms with Crippen LogP contribution in [0.1, 0.15) is 25.0 Å². The van der Waals surface area contributed by atoms with Crippen LogP contribution in [0.3, 0.4) is 0 Å². The molecular formula is C43H35N3OSi. The Morgan fingerprint density at radius 2 is 1.19 bits per heavy atom. The van der Waals surface area contributed by atoms with Gasteiger partial charge in [-0.15, -0.1) is 0 Å². The predicted molar refractivity (Wildman–Crippen MR) is 200 cm³/mol. The summed E-state index contributed by atoms with van der Waals surface area (Å²) in [5, 5.41) is 3.59. The van der Waals surface area contributed by atoms with Gasteiger partial charge in [-0.2, -0.15) is 0 Å². The summed E-state index contributed by atoms with van der Waals surface area (Å²) < 4.78 is 6.66. The number of fused-ring (bicyclic) bond motifs is 5. The lowest BCUT2D eigenvalue weighted by molar-refractivity contribution is 0.487. The molecule has 5 heteroatoms. The number of aromatic nitrogens is 2. The first-order chi connectivity index (χ1) is 23.3. The summed E-state index contributed by atoms with van der Waals surface area (Å²) in [6.07, 6.45) is 0. The SMILES string of the molecule is CC1(C)c2ccccc2N(c2ccc3c(c2)[Si](C)(C)c2cc(-c4nc(-c5ccccc5)c5ccccc5n4)ccc2O3)c2ccccc21. The standard InChI is InChI=1S/C43H35N3OSi/c1-43(2)32-17-9-12-20-35(32)46(36-21-13-10-18-33(36)43)30-23-25-38-40(27-30)48(3,4)39-26-29(22-24-37(39)47-38)42-44-34-19-11-8-16-31(34)41(45-42)28-14-6-5-7-15-28/h5-27H,1-4H3. The molecule has 0 saturated heterocycles. The number of ether oxygens (including phenoxy) is 1. The molecule has 0 atom stereocenters. The van der Waals surface area contributed by atoms with Crippen molar-refractivity contribution in [3.63, 3.8) is 0 Å². The van der Waals surface area contributed by atoms with Crippen molar-refractivity contribution >= 4 is 46.4 Å². The minimum Gasteiger partial charge on any atom is -0.458 e. The average Bonchev–Trinajstić information content (AvgIpc) is 3.12. The summed E-state index contributed by atoms with van der Waals surface area (Å²) in [5.74, 6) is 2.60. The molecule has 0 N–H and O–H groups in total. The van der Waals surface area contributed by atoms with Crippen LogP contribution in [0.15, 0.2) is 140 Å². The molecule has 2 aliphatic heterocycles. The molecule has 9 rings (SSSR count). The van der Waals surface area contributed by atoms with Crippen LogP contribution in [-0.2, 0) is 5.41 Å². The fraction of sp³-hybridized carbons (Fsp3) is 0.116. The van der Waals surface area contributed by atoms with E-state index >= 15 is 0 Å². The Morgan fingerprint density at radius 3 is 1.92 bits per heavy atom. The van der Waals surface area contributed by atoms with Crippen LogP contribution < -0.4 is 20.0 Å². The molecule has 0 fully saturated rings. The van der Waals surface area contributed by atoms with Gasteiger partial charge in [0.25, 0.3) is 0 Å². The highest BCUT2D eigenvalue weighted by atomic mass is 28.3. The summed E-state index contributed by atoms with van der Waals surface area (Å²) in [5.41, 5.74) is 10.1. The molecule has 4 nitrogen and oxygen atoms in total. The lowest BCUT2D eigenvalue weighted by Gasteiger charge is -2.42. The number of hydrogen-bond donors (Lipinski definition) is 0. The summed E-state index contributed by atoms with van der Waals surface area (Å²) in [6.45, 7) is 9.52. The second-order valence-corrected chi connectivity index (χ2v) is 18.2. The van der Waals surface area contributed by atoms with Crippen LogP contribution in [0.4, 0.5) is 17.1 Å². The van der Waals surface area contributed by atoms with Gasteiger partial charge < -0.3 is 9.64 Å². The minimum atomic E-state index is -2.24. The third-order valence-corrected chi connectivity index (χ3v) is 13.8. The van der Waals surface area contributed by atoms with Gasteiger partial charge in [-0.25, -0.2) is 9.97 Å². The zero-order valence-corrected chi connectivity index (χ0v) is 28.5. The Hall–Kier alpha value is -5.52. The van der Waals surface area contributed by atoms with Crippen LogP contribution in [-0.4, -0.2) is 18.0 Å². The minimum absolute atomic E-state index is 0.102. The molecule has 0 unspecified atom stereocenters. The van der Waals surface area contributed by atoms with E-state index in [-0.39, 0.29) is 5.41 Å². The third-order valence-electron chi connectivity index (χ3n) is 10.3. The molecule has 1 aromatic heterocycles.